The number of hydrogen-bond acceptors (Lipinski definition) is 6. The van der Waals surface area contributed by atoms with Crippen molar-refractivity contribution in [3.63, 3.8) is 0 Å². The summed E-state index contributed by atoms with van der Waals surface area (Å²) >= 11 is 7.05. The average molecular weight is 324 g/mol. The number of amides is 1. The van der Waals surface area contributed by atoms with Crippen molar-refractivity contribution in [3.8, 4) is 0 Å². The first-order valence-electron chi connectivity index (χ1n) is 6.07. The van der Waals surface area contributed by atoms with Gasteiger partial charge in [-0.05, 0) is 17.7 Å². The van der Waals surface area contributed by atoms with Crippen LogP contribution in [0.3, 0.4) is 0 Å². The minimum absolute atomic E-state index is 0.135. The number of aromatic nitrogens is 2. The van der Waals surface area contributed by atoms with E-state index in [0.29, 0.717) is 16.7 Å². The molecule has 1 amide bonds. The fourth-order valence-corrected chi connectivity index (χ4v) is 2.47. The van der Waals surface area contributed by atoms with Crippen LogP contribution in [0.4, 0.5) is 11.6 Å². The number of benzene rings is 1. The molecule has 0 saturated heterocycles. The smallest absolute Gasteiger partial charge is 0.230 e. The van der Waals surface area contributed by atoms with Crippen LogP contribution in [-0.4, -0.2) is 21.6 Å². The molecule has 0 unspecified atom stereocenters. The summed E-state index contributed by atoms with van der Waals surface area (Å²) in [5.41, 5.74) is 12.0. The highest BCUT2D eigenvalue weighted by Crippen LogP contribution is 2.16. The van der Waals surface area contributed by atoms with E-state index >= 15 is 0 Å². The van der Waals surface area contributed by atoms with E-state index in [1.807, 2.05) is 12.1 Å². The molecule has 1 heterocycles. The van der Waals surface area contributed by atoms with Crippen molar-refractivity contribution in [3.05, 3.63) is 40.9 Å². The van der Waals surface area contributed by atoms with Gasteiger partial charge in [-0.25, -0.2) is 9.97 Å². The Bertz CT molecular complexity index is 632. The molecule has 0 saturated carbocycles. The molecule has 1 aromatic carbocycles. The van der Waals surface area contributed by atoms with E-state index in [9.17, 15) is 4.79 Å². The molecular formula is C13H14ClN5OS. The molecule has 0 atom stereocenters. The summed E-state index contributed by atoms with van der Waals surface area (Å²) in [6.45, 7) is 0.417. The molecule has 6 nitrogen and oxygen atoms in total. The van der Waals surface area contributed by atoms with Gasteiger partial charge >= 0.3 is 0 Å². The van der Waals surface area contributed by atoms with Gasteiger partial charge in [-0.15, -0.1) is 0 Å². The molecule has 5 N–H and O–H groups in total. The number of hydrogen-bond donors (Lipinski definition) is 3. The van der Waals surface area contributed by atoms with E-state index < -0.39 is 0 Å². The summed E-state index contributed by atoms with van der Waals surface area (Å²) in [5, 5.41) is 3.81. The SMILES string of the molecule is Nc1cc(N)nc(SCC(=O)NCc2cccc(Cl)c2)n1. The van der Waals surface area contributed by atoms with Crippen LogP contribution in [0, 0.1) is 0 Å². The summed E-state index contributed by atoms with van der Waals surface area (Å²) < 4.78 is 0. The van der Waals surface area contributed by atoms with E-state index in [1.165, 1.54) is 17.8 Å². The molecule has 0 spiro atoms. The highest BCUT2D eigenvalue weighted by Gasteiger charge is 2.06. The Balaban J connectivity index is 1.82. The Morgan fingerprint density at radius 3 is 2.62 bits per heavy atom. The van der Waals surface area contributed by atoms with Gasteiger partial charge in [-0.3, -0.25) is 4.79 Å². The molecule has 21 heavy (non-hydrogen) atoms. The minimum Gasteiger partial charge on any atom is -0.383 e. The maximum absolute atomic E-state index is 11.8. The molecule has 0 bridgehead atoms. The van der Waals surface area contributed by atoms with E-state index in [1.54, 1.807) is 12.1 Å². The van der Waals surface area contributed by atoms with Crippen molar-refractivity contribution >= 4 is 40.9 Å². The number of nitrogens with two attached hydrogens (primary N) is 2. The molecule has 0 aliphatic carbocycles. The number of anilines is 2. The van der Waals surface area contributed by atoms with Gasteiger partial charge in [0.1, 0.15) is 11.6 Å². The van der Waals surface area contributed by atoms with Crippen LogP contribution in [0.2, 0.25) is 5.02 Å². The summed E-state index contributed by atoms with van der Waals surface area (Å²) in [6.07, 6.45) is 0. The van der Waals surface area contributed by atoms with Crippen molar-refractivity contribution in [2.24, 2.45) is 0 Å². The lowest BCUT2D eigenvalue weighted by Crippen LogP contribution is -2.24. The lowest BCUT2D eigenvalue weighted by Gasteiger charge is -2.06. The molecule has 2 rings (SSSR count). The third-order valence-corrected chi connectivity index (χ3v) is 3.54. The molecule has 2 aromatic rings. The minimum atomic E-state index is -0.135. The van der Waals surface area contributed by atoms with Crippen molar-refractivity contribution in [1.82, 2.24) is 15.3 Å². The zero-order valence-electron chi connectivity index (χ0n) is 11.0. The summed E-state index contributed by atoms with van der Waals surface area (Å²) in [6, 6.07) is 8.77. The second-order valence-electron chi connectivity index (χ2n) is 4.20. The predicted octanol–water partition coefficient (Wildman–Crippen LogP) is 1.70. The predicted molar refractivity (Wildman–Crippen MR) is 84.9 cm³/mol. The van der Waals surface area contributed by atoms with E-state index in [0.717, 1.165) is 5.56 Å². The zero-order valence-corrected chi connectivity index (χ0v) is 12.6. The summed E-state index contributed by atoms with van der Waals surface area (Å²) in [4.78, 5) is 19.7. The Morgan fingerprint density at radius 1 is 1.24 bits per heavy atom. The normalized spacial score (nSPS) is 10.3. The number of carbonyl (C=O) groups excluding carboxylic acids is 1. The van der Waals surface area contributed by atoms with Gasteiger partial charge in [-0.1, -0.05) is 35.5 Å². The van der Waals surface area contributed by atoms with Crippen molar-refractivity contribution < 1.29 is 4.79 Å². The standard InChI is InChI=1S/C13H14ClN5OS/c14-9-3-1-2-8(4-9)6-17-12(20)7-21-13-18-10(15)5-11(16)19-13/h1-5H,6-7H2,(H,17,20)(H4,15,16,18,19). The van der Waals surface area contributed by atoms with Crippen LogP contribution in [0.15, 0.2) is 35.5 Å². The number of nitrogens with one attached hydrogen (secondary N) is 1. The van der Waals surface area contributed by atoms with E-state index in [2.05, 4.69) is 15.3 Å². The molecule has 8 heteroatoms. The van der Waals surface area contributed by atoms with Crippen LogP contribution in [0.5, 0.6) is 0 Å². The number of halogens is 1. The zero-order chi connectivity index (χ0) is 15.2. The quantitative estimate of drug-likeness (QED) is 0.571. The Kier molecular flexibility index (Phi) is 5.24. The van der Waals surface area contributed by atoms with Gasteiger partial charge in [0.15, 0.2) is 5.16 Å². The maximum Gasteiger partial charge on any atom is 0.230 e. The van der Waals surface area contributed by atoms with Crippen LogP contribution in [0.25, 0.3) is 0 Å². The number of carbonyl (C=O) groups is 1. The first-order valence-corrected chi connectivity index (χ1v) is 7.43. The van der Waals surface area contributed by atoms with Crippen molar-refractivity contribution in [2.75, 3.05) is 17.2 Å². The molecule has 0 aliphatic rings. The largest absolute Gasteiger partial charge is 0.383 e. The highest BCUT2D eigenvalue weighted by atomic mass is 35.5. The maximum atomic E-state index is 11.8. The lowest BCUT2D eigenvalue weighted by atomic mass is 10.2. The third kappa shape index (κ3) is 5.13. The molecule has 1 aromatic heterocycles. The first-order chi connectivity index (χ1) is 10.0. The van der Waals surface area contributed by atoms with Gasteiger partial charge in [-0.2, -0.15) is 0 Å². The van der Waals surface area contributed by atoms with Gasteiger partial charge in [0, 0.05) is 17.6 Å². The van der Waals surface area contributed by atoms with Gasteiger partial charge < -0.3 is 16.8 Å². The molecular weight excluding hydrogens is 310 g/mol. The first kappa shape index (κ1) is 15.4. The molecule has 0 fully saturated rings. The molecule has 0 aliphatic heterocycles. The fraction of sp³-hybridized carbons (Fsp3) is 0.154. The second kappa shape index (κ2) is 7.14. The van der Waals surface area contributed by atoms with Crippen molar-refractivity contribution in [1.29, 1.82) is 0 Å². The Labute approximate surface area is 131 Å². The van der Waals surface area contributed by atoms with Crippen molar-refractivity contribution in [2.45, 2.75) is 11.7 Å². The summed E-state index contributed by atoms with van der Waals surface area (Å²) in [5.74, 6) is 0.613. The average Bonchev–Trinajstić information content (AvgIpc) is 2.42. The van der Waals surface area contributed by atoms with Crippen LogP contribution in [0.1, 0.15) is 5.56 Å². The second-order valence-corrected chi connectivity index (χ2v) is 5.57. The monoisotopic (exact) mass is 323 g/mol. The van der Waals surface area contributed by atoms with Crippen LogP contribution < -0.4 is 16.8 Å². The molecule has 110 valence electrons. The van der Waals surface area contributed by atoms with Crippen LogP contribution in [-0.2, 0) is 11.3 Å². The van der Waals surface area contributed by atoms with Gasteiger partial charge in [0.2, 0.25) is 5.91 Å². The van der Waals surface area contributed by atoms with Crippen LogP contribution >= 0.6 is 23.4 Å². The summed E-state index contributed by atoms with van der Waals surface area (Å²) in [7, 11) is 0. The van der Waals surface area contributed by atoms with E-state index in [-0.39, 0.29) is 23.3 Å². The fourth-order valence-electron chi connectivity index (χ4n) is 1.56. The van der Waals surface area contributed by atoms with Gasteiger partial charge in [0.25, 0.3) is 0 Å². The number of nitrogen functional groups attached to an aromatic ring is 2. The topological polar surface area (TPSA) is 107 Å². The number of thioether (sulfide) groups is 1. The Hall–Kier alpha value is -1.99. The Morgan fingerprint density at radius 2 is 1.95 bits per heavy atom. The molecule has 0 radical (unpaired) electrons. The number of nitrogens with zero attached hydrogens (tertiary/aromatic N) is 2. The highest BCUT2D eigenvalue weighted by molar-refractivity contribution is 7.99. The van der Waals surface area contributed by atoms with Gasteiger partial charge in [0.05, 0.1) is 5.75 Å². The van der Waals surface area contributed by atoms with E-state index in [4.69, 9.17) is 23.1 Å². The third-order valence-electron chi connectivity index (χ3n) is 2.46. The lowest BCUT2D eigenvalue weighted by molar-refractivity contribution is -0.118. The number of rotatable bonds is 5.